The largest absolute Gasteiger partial charge is 0.505 e. The number of fused-ring (bicyclic) bond motifs is 2. The lowest BCUT2D eigenvalue weighted by molar-refractivity contribution is -0.144. The fourth-order valence-corrected chi connectivity index (χ4v) is 7.54. The quantitative estimate of drug-likeness (QED) is 0.140. The summed E-state index contributed by atoms with van der Waals surface area (Å²) in [5, 5.41) is 14.3. The van der Waals surface area contributed by atoms with Gasteiger partial charge in [0.05, 0.1) is 23.9 Å². The molecule has 1 aliphatic heterocycles. The first-order chi connectivity index (χ1) is 22.5. The van der Waals surface area contributed by atoms with Crippen molar-refractivity contribution in [3.05, 3.63) is 101 Å². The number of aromatic hydroxyl groups is 1. The van der Waals surface area contributed by atoms with Gasteiger partial charge in [0.1, 0.15) is 23.1 Å². The van der Waals surface area contributed by atoms with Crippen LogP contribution in [0.1, 0.15) is 52.1 Å². The van der Waals surface area contributed by atoms with Gasteiger partial charge in [0.15, 0.2) is 5.75 Å². The van der Waals surface area contributed by atoms with E-state index in [0.717, 1.165) is 0 Å². The van der Waals surface area contributed by atoms with E-state index in [1.165, 1.54) is 28.1 Å². The Bertz CT molecular complexity index is 1840. The molecular formula is C34H36FN4O7P. The lowest BCUT2D eigenvalue weighted by atomic mass is 9.95. The van der Waals surface area contributed by atoms with Crippen LogP contribution in [-0.4, -0.2) is 70.1 Å². The second-order valence-electron chi connectivity index (χ2n) is 11.2. The first-order valence-corrected chi connectivity index (χ1v) is 17.0. The number of carbonyl (C=O) groups excluding carboxylic acids is 3. The van der Waals surface area contributed by atoms with Crippen molar-refractivity contribution in [3.63, 3.8) is 0 Å². The van der Waals surface area contributed by atoms with Crippen molar-refractivity contribution < 1.29 is 37.7 Å². The molecule has 4 aromatic rings. The van der Waals surface area contributed by atoms with Crippen LogP contribution in [0.4, 0.5) is 4.39 Å². The molecule has 2 atom stereocenters. The number of hydrogen-bond donors (Lipinski definition) is 2. The molecule has 2 amide bonds. The lowest BCUT2D eigenvalue weighted by Gasteiger charge is -2.25. The number of nitrogens with one attached hydrogen (secondary N) is 1. The Morgan fingerprint density at radius 1 is 1.13 bits per heavy atom. The summed E-state index contributed by atoms with van der Waals surface area (Å²) in [6, 6.07) is 16.7. The summed E-state index contributed by atoms with van der Waals surface area (Å²) in [5.41, 5.74) is 1.42. The third kappa shape index (κ3) is 7.45. The average Bonchev–Trinajstić information content (AvgIpc) is 3.37. The van der Waals surface area contributed by atoms with Gasteiger partial charge in [0, 0.05) is 43.8 Å². The first-order valence-electron chi connectivity index (χ1n) is 15.2. The van der Waals surface area contributed by atoms with Crippen LogP contribution in [0, 0.1) is 5.82 Å². The van der Waals surface area contributed by atoms with E-state index in [1.807, 2.05) is 0 Å². The maximum absolute atomic E-state index is 14.1. The number of phenols is 1. The van der Waals surface area contributed by atoms with E-state index in [4.69, 9.17) is 9.26 Å². The fraction of sp³-hybridized carbons (Fsp3) is 0.294. The van der Waals surface area contributed by atoms with E-state index in [9.17, 15) is 28.4 Å². The van der Waals surface area contributed by atoms with Gasteiger partial charge in [-0.25, -0.2) is 9.48 Å². The highest BCUT2D eigenvalue weighted by molar-refractivity contribution is 7.57. The molecule has 0 fully saturated rings. The molecule has 0 aliphatic carbocycles. The van der Waals surface area contributed by atoms with Crippen LogP contribution in [0.25, 0.3) is 10.9 Å². The third-order valence-electron chi connectivity index (χ3n) is 7.81. The van der Waals surface area contributed by atoms with Gasteiger partial charge in [-0.3, -0.25) is 23.9 Å². The van der Waals surface area contributed by atoms with E-state index in [-0.39, 0.29) is 61.2 Å². The third-order valence-corrected chi connectivity index (χ3v) is 10.0. The fourth-order valence-electron chi connectivity index (χ4n) is 5.55. The second-order valence-corrected chi connectivity index (χ2v) is 13.5. The van der Waals surface area contributed by atoms with Gasteiger partial charge in [-0.15, -0.1) is 0 Å². The number of nitrogens with zero attached hydrogens (tertiary/aromatic N) is 3. The normalized spacial score (nSPS) is 14.4. The molecular weight excluding hydrogens is 626 g/mol. The highest BCUT2D eigenvalue weighted by Gasteiger charge is 2.37. The molecule has 1 unspecified atom stereocenters. The maximum Gasteiger partial charge on any atom is 0.323 e. The zero-order valence-electron chi connectivity index (χ0n) is 26.3. The van der Waals surface area contributed by atoms with Gasteiger partial charge in [-0.2, -0.15) is 0 Å². The van der Waals surface area contributed by atoms with E-state index in [2.05, 4.69) is 10.1 Å². The minimum absolute atomic E-state index is 0.00739. The zero-order chi connectivity index (χ0) is 33.7. The Kier molecular flexibility index (Phi) is 10.2. The van der Waals surface area contributed by atoms with Crippen molar-refractivity contribution in [2.75, 3.05) is 26.4 Å². The van der Waals surface area contributed by atoms with E-state index >= 15 is 0 Å². The number of rotatable bonds is 13. The number of aromatic nitrogens is 1. The minimum Gasteiger partial charge on any atom is -0.505 e. The minimum atomic E-state index is -3.65. The molecule has 13 heteroatoms. The molecule has 246 valence electrons. The molecule has 0 radical (unpaired) electrons. The SMILES string of the molecule is CCOC(=O)[C@H](C)NP(=O)(CCCN(C)C(=O)c1c2c(c(O)c3ncccc13)C(=O)N(Cc1ccc(F)cc1)C2)Oc1ccccc1. The van der Waals surface area contributed by atoms with Crippen molar-refractivity contribution in [2.45, 2.75) is 39.4 Å². The Hall–Kier alpha value is -4.80. The highest BCUT2D eigenvalue weighted by Crippen LogP contribution is 2.45. The Balaban J connectivity index is 1.37. The molecule has 0 saturated carbocycles. The van der Waals surface area contributed by atoms with Crippen molar-refractivity contribution >= 4 is 36.2 Å². The predicted octanol–water partition coefficient (Wildman–Crippen LogP) is 5.51. The highest BCUT2D eigenvalue weighted by atomic mass is 31.2. The van der Waals surface area contributed by atoms with Gasteiger partial charge >= 0.3 is 13.5 Å². The predicted molar refractivity (Wildman–Crippen MR) is 174 cm³/mol. The molecule has 0 spiro atoms. The van der Waals surface area contributed by atoms with Crippen LogP contribution >= 0.6 is 7.52 Å². The van der Waals surface area contributed by atoms with Crippen molar-refractivity contribution in [3.8, 4) is 11.5 Å². The molecule has 2 N–H and O–H groups in total. The topological polar surface area (TPSA) is 138 Å². The van der Waals surface area contributed by atoms with Gasteiger partial charge < -0.3 is 24.2 Å². The molecule has 1 aromatic heterocycles. The molecule has 0 bridgehead atoms. The van der Waals surface area contributed by atoms with E-state index < -0.39 is 37.2 Å². The lowest BCUT2D eigenvalue weighted by Crippen LogP contribution is -2.36. The molecule has 1 aliphatic rings. The van der Waals surface area contributed by atoms with Gasteiger partial charge in [-0.1, -0.05) is 36.4 Å². The summed E-state index contributed by atoms with van der Waals surface area (Å²) in [6.07, 6.45) is 1.70. The van der Waals surface area contributed by atoms with Crippen LogP contribution in [0.3, 0.4) is 0 Å². The second kappa shape index (κ2) is 14.3. The standard InChI is InChI=1S/C34H36FN4O7P/c1-4-45-34(43)22(2)37-47(44,46-25-10-6-5-7-11-25)19-9-18-38(3)32(41)28-26-12-8-17-36-30(26)31(40)29-27(28)21-39(33(29)42)20-23-13-15-24(35)16-14-23/h5-8,10-17,22,40H,4,9,18-21H2,1-3H3,(H,37,44)/t22-,47?/m0/s1. The number of esters is 1. The van der Waals surface area contributed by atoms with Crippen LogP contribution < -0.4 is 9.61 Å². The number of carbonyl (C=O) groups is 3. The molecule has 0 saturated heterocycles. The Morgan fingerprint density at radius 3 is 2.55 bits per heavy atom. The summed E-state index contributed by atoms with van der Waals surface area (Å²) in [6.45, 7) is 3.74. The molecule has 5 rings (SSSR count). The number of benzene rings is 3. The summed E-state index contributed by atoms with van der Waals surface area (Å²) < 4.78 is 38.4. The number of ether oxygens (including phenoxy) is 1. The Labute approximate surface area is 271 Å². The Morgan fingerprint density at radius 2 is 1.85 bits per heavy atom. The van der Waals surface area contributed by atoms with Gasteiger partial charge in [-0.05, 0) is 56.2 Å². The van der Waals surface area contributed by atoms with Crippen molar-refractivity contribution in [1.82, 2.24) is 19.9 Å². The molecule has 47 heavy (non-hydrogen) atoms. The van der Waals surface area contributed by atoms with Crippen LogP contribution in [0.15, 0.2) is 72.9 Å². The average molecular weight is 663 g/mol. The number of halogens is 1. The number of hydrogen-bond acceptors (Lipinski definition) is 8. The van der Waals surface area contributed by atoms with Crippen LogP contribution in [0.2, 0.25) is 0 Å². The van der Waals surface area contributed by atoms with E-state index in [0.29, 0.717) is 22.3 Å². The van der Waals surface area contributed by atoms with Gasteiger partial charge in [0.25, 0.3) is 11.8 Å². The molecule has 2 heterocycles. The number of para-hydroxylation sites is 1. The molecule has 11 nitrogen and oxygen atoms in total. The smallest absolute Gasteiger partial charge is 0.323 e. The number of phenolic OH excluding ortho intramolecular Hbond substituents is 1. The maximum atomic E-state index is 14.1. The molecule has 3 aromatic carbocycles. The van der Waals surface area contributed by atoms with Gasteiger partial charge in [0.2, 0.25) is 0 Å². The zero-order valence-corrected chi connectivity index (χ0v) is 27.2. The van der Waals surface area contributed by atoms with Crippen molar-refractivity contribution in [2.24, 2.45) is 0 Å². The number of pyridine rings is 1. The summed E-state index contributed by atoms with van der Waals surface area (Å²) in [7, 11) is -2.06. The van der Waals surface area contributed by atoms with Crippen LogP contribution in [-0.2, 0) is 27.2 Å². The van der Waals surface area contributed by atoms with Crippen molar-refractivity contribution in [1.29, 1.82) is 0 Å². The summed E-state index contributed by atoms with van der Waals surface area (Å²) in [4.78, 5) is 47.2. The first kappa shape index (κ1) is 33.6. The number of amides is 2. The summed E-state index contributed by atoms with van der Waals surface area (Å²) in [5.74, 6) is -1.79. The van der Waals surface area contributed by atoms with E-state index in [1.54, 1.807) is 75.5 Å². The monoisotopic (exact) mass is 662 g/mol. The van der Waals surface area contributed by atoms with Crippen LogP contribution in [0.5, 0.6) is 11.5 Å². The summed E-state index contributed by atoms with van der Waals surface area (Å²) >= 11 is 0.